The van der Waals surface area contributed by atoms with Crippen molar-refractivity contribution in [2.24, 2.45) is 0 Å². The van der Waals surface area contributed by atoms with Gasteiger partial charge in [-0.1, -0.05) is 6.08 Å². The first kappa shape index (κ1) is 16.5. The molecule has 0 aromatic heterocycles. The summed E-state index contributed by atoms with van der Waals surface area (Å²) in [4.78, 5) is 13.7. The Morgan fingerprint density at radius 1 is 1.33 bits per heavy atom. The van der Waals surface area contributed by atoms with Gasteiger partial charge >= 0.3 is 7.12 Å². The summed E-state index contributed by atoms with van der Waals surface area (Å²) in [6, 6.07) is 0. The van der Waals surface area contributed by atoms with Crippen LogP contribution in [0.1, 0.15) is 41.0 Å². The minimum Gasteiger partial charge on any atom is -0.400 e. The third-order valence-corrected chi connectivity index (χ3v) is 4.58. The van der Waals surface area contributed by atoms with Gasteiger partial charge in [-0.05, 0) is 46.5 Å². The Morgan fingerprint density at radius 2 is 1.95 bits per heavy atom. The molecule has 0 saturated carbocycles. The van der Waals surface area contributed by atoms with Gasteiger partial charge in [0.05, 0.1) is 11.2 Å². The van der Waals surface area contributed by atoms with Crippen LogP contribution in [0.15, 0.2) is 11.5 Å². The van der Waals surface area contributed by atoms with Gasteiger partial charge < -0.3 is 18.9 Å². The van der Waals surface area contributed by atoms with Crippen LogP contribution in [-0.4, -0.2) is 55.4 Å². The highest BCUT2D eigenvalue weighted by Crippen LogP contribution is 2.39. The van der Waals surface area contributed by atoms with Gasteiger partial charge in [-0.2, -0.15) is 0 Å². The van der Waals surface area contributed by atoms with E-state index in [9.17, 15) is 4.79 Å². The Morgan fingerprint density at radius 3 is 2.43 bits per heavy atom. The number of carbonyl (C=O) groups excluding carboxylic acids is 1. The van der Waals surface area contributed by atoms with Gasteiger partial charge in [0, 0.05) is 19.7 Å². The predicted molar refractivity (Wildman–Crippen MR) is 81.9 cm³/mol. The topological polar surface area (TPSA) is 48.0 Å². The van der Waals surface area contributed by atoms with Gasteiger partial charge in [0.1, 0.15) is 6.61 Å². The van der Waals surface area contributed by atoms with Crippen molar-refractivity contribution < 1.29 is 18.8 Å². The number of hydrogen-bond donors (Lipinski definition) is 0. The number of hydrogen-bond acceptors (Lipinski definition) is 4. The normalized spacial score (nSPS) is 24.1. The third kappa shape index (κ3) is 3.50. The first-order valence-electron chi connectivity index (χ1n) is 7.67. The second kappa shape index (κ2) is 6.11. The zero-order chi connectivity index (χ0) is 15.7. The fourth-order valence-electron chi connectivity index (χ4n) is 2.40. The molecule has 0 aliphatic carbocycles. The van der Waals surface area contributed by atoms with Crippen LogP contribution in [0.5, 0.6) is 0 Å². The molecular weight excluding hydrogens is 269 g/mol. The molecule has 21 heavy (non-hydrogen) atoms. The zero-order valence-corrected chi connectivity index (χ0v) is 13.8. The molecule has 0 radical (unpaired) electrons. The summed E-state index contributed by atoms with van der Waals surface area (Å²) in [5.41, 5.74) is 0.495. The van der Waals surface area contributed by atoms with E-state index < -0.39 is 0 Å². The highest BCUT2D eigenvalue weighted by molar-refractivity contribution is 6.54. The summed E-state index contributed by atoms with van der Waals surface area (Å²) >= 11 is 0. The fraction of sp³-hybridized carbons (Fsp3) is 0.800. The number of nitrogens with zero attached hydrogens (tertiary/aromatic N) is 1. The molecule has 1 amide bonds. The van der Waals surface area contributed by atoms with Crippen LogP contribution in [0.4, 0.5) is 0 Å². The van der Waals surface area contributed by atoms with Gasteiger partial charge in [-0.3, -0.25) is 4.79 Å². The summed E-state index contributed by atoms with van der Waals surface area (Å²) in [5, 5.41) is 0. The van der Waals surface area contributed by atoms with E-state index in [1.807, 2.05) is 39.5 Å². The Labute approximate surface area is 127 Å². The van der Waals surface area contributed by atoms with Crippen LogP contribution >= 0.6 is 0 Å². The van der Waals surface area contributed by atoms with Crippen LogP contribution < -0.4 is 0 Å². The number of rotatable bonds is 4. The Balaban J connectivity index is 1.94. The molecule has 5 nitrogen and oxygen atoms in total. The molecule has 0 unspecified atom stereocenters. The van der Waals surface area contributed by atoms with Crippen LogP contribution in [0.2, 0.25) is 0 Å². The van der Waals surface area contributed by atoms with Crippen LogP contribution in [0.3, 0.4) is 0 Å². The zero-order valence-electron chi connectivity index (χ0n) is 13.8. The average Bonchev–Trinajstić information content (AvgIpc) is 2.65. The van der Waals surface area contributed by atoms with Gasteiger partial charge in [-0.15, -0.1) is 0 Å². The molecule has 2 aliphatic rings. The van der Waals surface area contributed by atoms with Crippen molar-refractivity contribution in [1.82, 2.24) is 4.90 Å². The predicted octanol–water partition coefficient (Wildman–Crippen LogP) is 1.81. The Hall–Kier alpha value is -0.845. The van der Waals surface area contributed by atoms with E-state index in [1.54, 1.807) is 0 Å². The standard InChI is InChI=1S/C15H26BNO4/c1-6-19-11-13(18)17-9-7-12(8-10-17)16-20-14(2,3)15(4,5)21-16/h7H,6,8-11H2,1-5H3. The van der Waals surface area contributed by atoms with E-state index in [4.69, 9.17) is 14.0 Å². The van der Waals surface area contributed by atoms with E-state index >= 15 is 0 Å². The third-order valence-electron chi connectivity index (χ3n) is 4.58. The van der Waals surface area contributed by atoms with E-state index in [-0.39, 0.29) is 30.8 Å². The molecule has 1 saturated heterocycles. The second-order valence-corrected chi connectivity index (χ2v) is 6.59. The molecule has 0 N–H and O–H groups in total. The van der Waals surface area contributed by atoms with Gasteiger partial charge in [0.15, 0.2) is 0 Å². The molecule has 6 heteroatoms. The maximum Gasteiger partial charge on any atom is 0.490 e. The summed E-state index contributed by atoms with van der Waals surface area (Å²) in [6.07, 6.45) is 2.84. The van der Waals surface area contributed by atoms with Gasteiger partial charge in [0.2, 0.25) is 5.91 Å². The lowest BCUT2D eigenvalue weighted by Crippen LogP contribution is -2.41. The van der Waals surface area contributed by atoms with Crippen molar-refractivity contribution in [3.8, 4) is 0 Å². The number of carbonyl (C=O) groups is 1. The van der Waals surface area contributed by atoms with Crippen LogP contribution in [-0.2, 0) is 18.8 Å². The van der Waals surface area contributed by atoms with E-state index in [0.29, 0.717) is 19.7 Å². The molecule has 0 aromatic rings. The first-order valence-corrected chi connectivity index (χ1v) is 7.67. The molecule has 2 rings (SSSR count). The van der Waals surface area contributed by atoms with E-state index in [0.717, 1.165) is 11.9 Å². The van der Waals surface area contributed by atoms with Gasteiger partial charge in [-0.25, -0.2) is 0 Å². The molecule has 0 atom stereocenters. The van der Waals surface area contributed by atoms with E-state index in [2.05, 4.69) is 6.08 Å². The average molecular weight is 295 g/mol. The summed E-state index contributed by atoms with van der Waals surface area (Å²) in [7, 11) is -0.292. The molecule has 118 valence electrons. The Kier molecular flexibility index (Phi) is 4.80. The quantitative estimate of drug-likeness (QED) is 0.742. The van der Waals surface area contributed by atoms with Crippen LogP contribution in [0, 0.1) is 0 Å². The second-order valence-electron chi connectivity index (χ2n) is 6.59. The summed E-state index contributed by atoms with van der Waals surface area (Å²) in [6.45, 7) is 12.1. The SMILES string of the molecule is CCOCC(=O)N1CC=C(B2OC(C)(C)C(C)(C)O2)CC1. The molecule has 0 aromatic carbocycles. The first-order chi connectivity index (χ1) is 9.77. The van der Waals surface area contributed by atoms with Crippen molar-refractivity contribution in [3.05, 3.63) is 11.5 Å². The lowest BCUT2D eigenvalue weighted by molar-refractivity contribution is -0.135. The maximum absolute atomic E-state index is 11.9. The summed E-state index contributed by atoms with van der Waals surface area (Å²) in [5.74, 6) is 0.0427. The molecule has 2 aliphatic heterocycles. The lowest BCUT2D eigenvalue weighted by Gasteiger charge is -2.32. The maximum atomic E-state index is 11.9. The molecular formula is C15H26BNO4. The number of amides is 1. The molecule has 0 bridgehead atoms. The Bertz CT molecular complexity index is 417. The minimum absolute atomic E-state index is 0.0427. The molecule has 2 heterocycles. The highest BCUT2D eigenvalue weighted by atomic mass is 16.7. The number of ether oxygens (including phenoxy) is 1. The van der Waals surface area contributed by atoms with E-state index in [1.165, 1.54) is 0 Å². The molecule has 0 spiro atoms. The van der Waals surface area contributed by atoms with Crippen LogP contribution in [0.25, 0.3) is 0 Å². The highest BCUT2D eigenvalue weighted by Gasteiger charge is 2.52. The minimum atomic E-state index is -0.319. The molecule has 1 fully saturated rings. The van der Waals surface area contributed by atoms with Crippen molar-refractivity contribution in [2.45, 2.75) is 52.2 Å². The monoisotopic (exact) mass is 295 g/mol. The van der Waals surface area contributed by atoms with Crippen molar-refractivity contribution in [3.63, 3.8) is 0 Å². The van der Waals surface area contributed by atoms with Crippen molar-refractivity contribution in [1.29, 1.82) is 0 Å². The lowest BCUT2D eigenvalue weighted by atomic mass is 9.75. The van der Waals surface area contributed by atoms with Gasteiger partial charge in [0.25, 0.3) is 0 Å². The van der Waals surface area contributed by atoms with Crippen molar-refractivity contribution >= 4 is 13.0 Å². The largest absolute Gasteiger partial charge is 0.490 e. The fourth-order valence-corrected chi connectivity index (χ4v) is 2.40. The summed E-state index contributed by atoms with van der Waals surface area (Å²) < 4.78 is 17.3. The smallest absolute Gasteiger partial charge is 0.400 e. The van der Waals surface area contributed by atoms with Crippen molar-refractivity contribution in [2.75, 3.05) is 26.3 Å².